The molecular weight excluding hydrogens is 192 g/mol. The molecule has 3 N–H and O–H groups in total. The van der Waals surface area contributed by atoms with Crippen molar-refractivity contribution in [1.82, 2.24) is 10.6 Å². The molecule has 4 heteroatoms. The number of hydrogen-bond donors (Lipinski definition) is 3. The van der Waals surface area contributed by atoms with E-state index in [4.69, 9.17) is 4.74 Å². The van der Waals surface area contributed by atoms with E-state index in [0.29, 0.717) is 11.8 Å². The predicted molar refractivity (Wildman–Crippen MR) is 58.8 cm³/mol. The predicted octanol–water partition coefficient (Wildman–Crippen LogP) is -0.417. The van der Waals surface area contributed by atoms with E-state index >= 15 is 0 Å². The number of nitrogens with one attached hydrogen (secondary N) is 2. The van der Waals surface area contributed by atoms with E-state index in [0.717, 1.165) is 39.4 Å². The molecule has 3 atom stereocenters. The summed E-state index contributed by atoms with van der Waals surface area (Å²) in [6.45, 7) is 5.47. The maximum absolute atomic E-state index is 9.60. The number of β-amino-alcohol motifs (C(OH)–C–C–N with tert-alkyl or cyclic N) is 1. The van der Waals surface area contributed by atoms with Crippen LogP contribution in [0.25, 0.3) is 0 Å². The van der Waals surface area contributed by atoms with Gasteiger partial charge in [0.25, 0.3) is 0 Å². The summed E-state index contributed by atoms with van der Waals surface area (Å²) >= 11 is 0. The van der Waals surface area contributed by atoms with Gasteiger partial charge in [-0.2, -0.15) is 0 Å². The Hall–Kier alpha value is -0.160. The lowest BCUT2D eigenvalue weighted by Gasteiger charge is -2.23. The Labute approximate surface area is 91.4 Å². The van der Waals surface area contributed by atoms with Crippen molar-refractivity contribution < 1.29 is 9.84 Å². The first-order valence-corrected chi connectivity index (χ1v) is 6.03. The Morgan fingerprint density at radius 1 is 1.33 bits per heavy atom. The van der Waals surface area contributed by atoms with Crippen molar-refractivity contribution in [3.8, 4) is 0 Å². The van der Waals surface area contributed by atoms with Gasteiger partial charge in [-0.3, -0.25) is 0 Å². The zero-order valence-corrected chi connectivity index (χ0v) is 9.24. The Balaban J connectivity index is 1.57. The lowest BCUT2D eigenvalue weighted by Crippen LogP contribution is -2.35. The van der Waals surface area contributed by atoms with E-state index in [-0.39, 0.29) is 6.10 Å². The van der Waals surface area contributed by atoms with Gasteiger partial charge in [0.1, 0.15) is 0 Å². The van der Waals surface area contributed by atoms with Gasteiger partial charge in [-0.15, -0.1) is 0 Å². The normalized spacial score (nSPS) is 37.0. The van der Waals surface area contributed by atoms with Crippen LogP contribution < -0.4 is 10.6 Å². The third kappa shape index (κ3) is 3.41. The summed E-state index contributed by atoms with van der Waals surface area (Å²) < 4.78 is 5.42. The van der Waals surface area contributed by atoms with Crippen LogP contribution in [0.15, 0.2) is 0 Å². The third-order valence-electron chi connectivity index (χ3n) is 3.40. The standard InChI is InChI=1S/C11H22N2O2/c14-11-7-13-6-10(11)5-12-4-9-2-1-3-15-8-9/h9-14H,1-8H2. The number of hydrogen-bond acceptors (Lipinski definition) is 4. The minimum absolute atomic E-state index is 0.167. The molecule has 2 aliphatic rings. The van der Waals surface area contributed by atoms with Gasteiger partial charge >= 0.3 is 0 Å². The van der Waals surface area contributed by atoms with E-state index in [9.17, 15) is 5.11 Å². The molecule has 0 saturated carbocycles. The minimum Gasteiger partial charge on any atom is -0.391 e. The fourth-order valence-electron chi connectivity index (χ4n) is 2.37. The molecule has 0 amide bonds. The summed E-state index contributed by atoms with van der Waals surface area (Å²) in [5, 5.41) is 16.2. The van der Waals surface area contributed by atoms with Crippen LogP contribution in [0.3, 0.4) is 0 Å². The molecular formula is C11H22N2O2. The highest BCUT2D eigenvalue weighted by Crippen LogP contribution is 2.13. The second-order valence-electron chi connectivity index (χ2n) is 4.73. The fourth-order valence-corrected chi connectivity index (χ4v) is 2.37. The molecule has 3 unspecified atom stereocenters. The topological polar surface area (TPSA) is 53.5 Å². The van der Waals surface area contributed by atoms with Crippen molar-refractivity contribution in [3.63, 3.8) is 0 Å². The monoisotopic (exact) mass is 214 g/mol. The SMILES string of the molecule is OC1CNCC1CNCC1CCCOC1. The first-order valence-electron chi connectivity index (χ1n) is 6.03. The van der Waals surface area contributed by atoms with Gasteiger partial charge in [-0.1, -0.05) is 0 Å². The molecule has 2 saturated heterocycles. The number of aliphatic hydroxyl groups is 1. The average Bonchev–Trinajstić information content (AvgIpc) is 2.66. The van der Waals surface area contributed by atoms with Crippen LogP contribution in [0.1, 0.15) is 12.8 Å². The molecule has 0 aromatic rings. The van der Waals surface area contributed by atoms with Crippen molar-refractivity contribution in [2.75, 3.05) is 39.4 Å². The van der Waals surface area contributed by atoms with Gasteiger partial charge in [0.2, 0.25) is 0 Å². The first kappa shape index (κ1) is 11.3. The third-order valence-corrected chi connectivity index (χ3v) is 3.40. The van der Waals surface area contributed by atoms with Gasteiger partial charge < -0.3 is 20.5 Å². The van der Waals surface area contributed by atoms with E-state index in [1.165, 1.54) is 12.8 Å². The highest BCUT2D eigenvalue weighted by molar-refractivity contribution is 4.82. The van der Waals surface area contributed by atoms with Crippen molar-refractivity contribution in [1.29, 1.82) is 0 Å². The molecule has 2 fully saturated rings. The van der Waals surface area contributed by atoms with Crippen LogP contribution in [-0.4, -0.2) is 50.6 Å². The summed E-state index contributed by atoms with van der Waals surface area (Å²) in [7, 11) is 0. The van der Waals surface area contributed by atoms with Gasteiger partial charge in [0.15, 0.2) is 0 Å². The molecule has 88 valence electrons. The second-order valence-corrected chi connectivity index (χ2v) is 4.73. The summed E-state index contributed by atoms with van der Waals surface area (Å²) in [6, 6.07) is 0. The zero-order valence-electron chi connectivity index (χ0n) is 9.24. The van der Waals surface area contributed by atoms with E-state index in [1.807, 2.05) is 0 Å². The van der Waals surface area contributed by atoms with Crippen LogP contribution in [-0.2, 0) is 4.74 Å². The molecule has 15 heavy (non-hydrogen) atoms. The molecule has 0 bridgehead atoms. The van der Waals surface area contributed by atoms with Crippen LogP contribution >= 0.6 is 0 Å². The summed E-state index contributed by atoms with van der Waals surface area (Å²) in [4.78, 5) is 0. The molecule has 2 heterocycles. The van der Waals surface area contributed by atoms with Gasteiger partial charge in [0.05, 0.1) is 12.7 Å². The average molecular weight is 214 g/mol. The van der Waals surface area contributed by atoms with Gasteiger partial charge in [-0.05, 0) is 18.8 Å². The molecule has 2 aliphatic heterocycles. The number of aliphatic hydroxyl groups excluding tert-OH is 1. The zero-order chi connectivity index (χ0) is 10.5. The summed E-state index contributed by atoms with van der Waals surface area (Å²) in [6.07, 6.45) is 2.30. The Kier molecular flexibility index (Phi) is 4.38. The quantitative estimate of drug-likeness (QED) is 0.595. The first-order chi connectivity index (χ1) is 7.36. The number of ether oxygens (including phenoxy) is 1. The van der Waals surface area contributed by atoms with Gasteiger partial charge in [0, 0.05) is 38.7 Å². The minimum atomic E-state index is -0.167. The fraction of sp³-hybridized carbons (Fsp3) is 1.00. The van der Waals surface area contributed by atoms with Gasteiger partial charge in [-0.25, -0.2) is 0 Å². The number of rotatable bonds is 4. The van der Waals surface area contributed by atoms with Crippen molar-refractivity contribution in [2.45, 2.75) is 18.9 Å². The summed E-state index contributed by atoms with van der Waals surface area (Å²) in [5.41, 5.74) is 0. The molecule has 0 aromatic carbocycles. The molecule has 0 aromatic heterocycles. The highest BCUT2D eigenvalue weighted by Gasteiger charge is 2.24. The lowest BCUT2D eigenvalue weighted by molar-refractivity contribution is 0.0538. The maximum atomic E-state index is 9.60. The Bertz CT molecular complexity index is 183. The Morgan fingerprint density at radius 3 is 2.93 bits per heavy atom. The van der Waals surface area contributed by atoms with Crippen molar-refractivity contribution in [3.05, 3.63) is 0 Å². The van der Waals surface area contributed by atoms with E-state index in [1.54, 1.807) is 0 Å². The van der Waals surface area contributed by atoms with Crippen molar-refractivity contribution >= 4 is 0 Å². The van der Waals surface area contributed by atoms with Crippen molar-refractivity contribution in [2.24, 2.45) is 11.8 Å². The maximum Gasteiger partial charge on any atom is 0.0716 e. The van der Waals surface area contributed by atoms with E-state index < -0.39 is 0 Å². The van der Waals surface area contributed by atoms with Crippen LogP contribution in [0.4, 0.5) is 0 Å². The molecule has 0 spiro atoms. The Morgan fingerprint density at radius 2 is 2.27 bits per heavy atom. The van der Waals surface area contributed by atoms with Crippen LogP contribution in [0.2, 0.25) is 0 Å². The molecule has 2 rings (SSSR count). The lowest BCUT2D eigenvalue weighted by atomic mass is 10.0. The molecule has 0 radical (unpaired) electrons. The second kappa shape index (κ2) is 5.80. The molecule has 0 aliphatic carbocycles. The van der Waals surface area contributed by atoms with E-state index in [2.05, 4.69) is 10.6 Å². The van der Waals surface area contributed by atoms with Crippen LogP contribution in [0.5, 0.6) is 0 Å². The largest absolute Gasteiger partial charge is 0.391 e. The summed E-state index contributed by atoms with van der Waals surface area (Å²) in [5.74, 6) is 1.06. The van der Waals surface area contributed by atoms with Crippen LogP contribution in [0, 0.1) is 11.8 Å². The highest BCUT2D eigenvalue weighted by atomic mass is 16.5. The molecule has 4 nitrogen and oxygen atoms in total. The smallest absolute Gasteiger partial charge is 0.0716 e.